The van der Waals surface area contributed by atoms with E-state index < -0.39 is 6.04 Å². The van der Waals surface area contributed by atoms with Gasteiger partial charge in [-0.2, -0.15) is 4.98 Å². The Labute approximate surface area is 204 Å². The summed E-state index contributed by atoms with van der Waals surface area (Å²) in [5.41, 5.74) is 4.33. The lowest BCUT2D eigenvalue weighted by Gasteiger charge is -2.35. The summed E-state index contributed by atoms with van der Waals surface area (Å²) in [5.74, 6) is 0.861. The van der Waals surface area contributed by atoms with E-state index >= 15 is 0 Å². The Morgan fingerprint density at radius 3 is 2.71 bits per heavy atom. The maximum absolute atomic E-state index is 13.1. The molecule has 4 rings (SSSR count). The first-order valence-corrected chi connectivity index (χ1v) is 11.8. The number of halogens is 1. The number of carbonyl (C=O) groups excluding carboxylic acids is 1. The van der Waals surface area contributed by atoms with E-state index in [2.05, 4.69) is 10.5 Å². The molecule has 1 unspecified atom stereocenters. The van der Waals surface area contributed by atoms with Crippen LogP contribution in [-0.4, -0.2) is 40.3 Å². The van der Waals surface area contributed by atoms with E-state index in [4.69, 9.17) is 25.8 Å². The molecule has 3 aromatic rings. The minimum absolute atomic E-state index is 0.146. The molecule has 0 aliphatic carbocycles. The molecule has 2 aromatic carbocycles. The smallest absolute Gasteiger partial charge is 0.322 e. The zero-order chi connectivity index (χ0) is 24.2. The molecular formula is C26H29ClN4O3. The summed E-state index contributed by atoms with van der Waals surface area (Å²) in [6, 6.07) is 14.7. The number of benzene rings is 2. The molecule has 34 heavy (non-hydrogen) atoms. The van der Waals surface area contributed by atoms with Gasteiger partial charge in [-0.3, -0.25) is 4.90 Å². The summed E-state index contributed by atoms with van der Waals surface area (Å²) in [4.78, 5) is 19.5. The van der Waals surface area contributed by atoms with E-state index in [-0.39, 0.29) is 12.1 Å². The first-order chi connectivity index (χ1) is 16.3. The summed E-state index contributed by atoms with van der Waals surface area (Å²) in [6.45, 7) is 8.99. The molecule has 1 aromatic heterocycles. The molecule has 8 heteroatoms. The summed E-state index contributed by atoms with van der Waals surface area (Å²) in [7, 11) is 0. The first kappa shape index (κ1) is 24.0. The molecular weight excluding hydrogens is 452 g/mol. The molecule has 1 atom stereocenters. The van der Waals surface area contributed by atoms with Crippen molar-refractivity contribution in [3.05, 3.63) is 76.3 Å². The van der Waals surface area contributed by atoms with Crippen molar-refractivity contribution in [1.29, 1.82) is 0 Å². The van der Waals surface area contributed by atoms with Gasteiger partial charge in [-0.15, -0.1) is 0 Å². The van der Waals surface area contributed by atoms with E-state index in [9.17, 15) is 4.79 Å². The molecule has 0 saturated heterocycles. The molecule has 1 aliphatic heterocycles. The number of hydrogen-bond donors (Lipinski definition) is 1. The number of allylic oxidation sites excluding steroid dienone is 1. The highest BCUT2D eigenvalue weighted by Crippen LogP contribution is 2.38. The Bertz CT molecular complexity index is 1200. The van der Waals surface area contributed by atoms with Crippen LogP contribution in [0.4, 0.5) is 4.79 Å². The second-order valence-electron chi connectivity index (χ2n) is 8.65. The van der Waals surface area contributed by atoms with Crippen molar-refractivity contribution in [2.24, 2.45) is 0 Å². The maximum Gasteiger partial charge on any atom is 0.322 e. The van der Waals surface area contributed by atoms with E-state index in [1.54, 1.807) is 11.0 Å². The highest BCUT2D eigenvalue weighted by molar-refractivity contribution is 6.30. The van der Waals surface area contributed by atoms with Crippen LogP contribution in [0.5, 0.6) is 0 Å². The Morgan fingerprint density at radius 1 is 1.18 bits per heavy atom. The molecule has 1 aliphatic rings. The Hall–Kier alpha value is -3.16. The van der Waals surface area contributed by atoms with Gasteiger partial charge in [0, 0.05) is 29.4 Å². The van der Waals surface area contributed by atoms with Gasteiger partial charge in [0.05, 0.1) is 17.7 Å². The molecule has 7 nitrogen and oxygen atoms in total. The quantitative estimate of drug-likeness (QED) is 0.399. The number of ether oxygens (including phenoxy) is 1. The zero-order valence-electron chi connectivity index (χ0n) is 19.8. The van der Waals surface area contributed by atoms with Crippen molar-refractivity contribution in [1.82, 2.24) is 20.4 Å². The van der Waals surface area contributed by atoms with Crippen LogP contribution in [0.25, 0.3) is 17.0 Å². The van der Waals surface area contributed by atoms with Crippen LogP contribution in [-0.2, 0) is 4.74 Å². The maximum atomic E-state index is 13.1. The number of hydrogen-bond acceptors (Lipinski definition) is 5. The highest BCUT2D eigenvalue weighted by atomic mass is 35.5. The number of amides is 2. The predicted molar refractivity (Wildman–Crippen MR) is 132 cm³/mol. The molecule has 1 N–H and O–H groups in total. The van der Waals surface area contributed by atoms with Gasteiger partial charge in [0.2, 0.25) is 5.82 Å². The van der Waals surface area contributed by atoms with E-state index in [1.165, 1.54) is 0 Å². The van der Waals surface area contributed by atoms with Crippen LogP contribution in [0.2, 0.25) is 5.02 Å². The van der Waals surface area contributed by atoms with Crippen LogP contribution in [0.15, 0.2) is 58.8 Å². The van der Waals surface area contributed by atoms with Gasteiger partial charge in [-0.05, 0) is 57.9 Å². The number of aryl methyl sites for hydroxylation is 1. The lowest BCUT2D eigenvalue weighted by Crippen LogP contribution is -2.46. The third-order valence-electron chi connectivity index (χ3n) is 5.69. The van der Waals surface area contributed by atoms with Gasteiger partial charge < -0.3 is 14.6 Å². The number of nitrogens with zero attached hydrogens (tertiary/aromatic N) is 3. The fourth-order valence-corrected chi connectivity index (χ4v) is 4.24. The Morgan fingerprint density at radius 2 is 1.97 bits per heavy atom. The van der Waals surface area contributed by atoms with Crippen LogP contribution in [0, 0.1) is 6.92 Å². The zero-order valence-corrected chi connectivity index (χ0v) is 20.6. The van der Waals surface area contributed by atoms with Gasteiger partial charge in [-0.25, -0.2) is 4.79 Å². The average molecular weight is 481 g/mol. The van der Waals surface area contributed by atoms with Gasteiger partial charge >= 0.3 is 6.03 Å². The van der Waals surface area contributed by atoms with Crippen LogP contribution in [0.3, 0.4) is 0 Å². The third kappa shape index (κ3) is 5.32. The molecule has 2 heterocycles. The van der Waals surface area contributed by atoms with E-state index in [0.29, 0.717) is 36.3 Å². The first-order valence-electron chi connectivity index (χ1n) is 11.4. The van der Waals surface area contributed by atoms with Crippen LogP contribution < -0.4 is 5.32 Å². The van der Waals surface area contributed by atoms with Crippen molar-refractivity contribution in [2.45, 2.75) is 46.3 Å². The normalized spacial score (nSPS) is 16.4. The molecule has 2 amide bonds. The SMILES string of the molecule is CC1=C(c2nc(-c3cccc(C)c3)no2)C(c2cccc(Cl)c2)NC(=O)N1CCCOC(C)C. The van der Waals surface area contributed by atoms with Crippen LogP contribution in [0.1, 0.15) is 50.3 Å². The van der Waals surface area contributed by atoms with Gasteiger partial charge in [0.15, 0.2) is 0 Å². The van der Waals surface area contributed by atoms with Crippen molar-refractivity contribution in [2.75, 3.05) is 13.2 Å². The minimum Gasteiger partial charge on any atom is -0.379 e. The standard InChI is InChI=1S/C26H29ClN4O3/c1-16(2)33-13-7-12-31-18(4)22(23(28-26(31)32)19-9-6-11-21(27)15-19)25-29-24(30-34-25)20-10-5-8-17(3)14-20/h5-6,8-11,14-16,23H,7,12-13H2,1-4H3,(H,28,32). The lowest BCUT2D eigenvalue weighted by atomic mass is 9.94. The lowest BCUT2D eigenvalue weighted by molar-refractivity contribution is 0.0736. The topological polar surface area (TPSA) is 80.5 Å². The van der Waals surface area contributed by atoms with E-state index in [1.807, 2.05) is 70.2 Å². The average Bonchev–Trinajstić information content (AvgIpc) is 3.27. The monoisotopic (exact) mass is 480 g/mol. The highest BCUT2D eigenvalue weighted by Gasteiger charge is 2.35. The largest absolute Gasteiger partial charge is 0.379 e. The van der Waals surface area contributed by atoms with Crippen molar-refractivity contribution in [3.8, 4) is 11.4 Å². The summed E-state index contributed by atoms with van der Waals surface area (Å²) in [6.07, 6.45) is 0.851. The fourth-order valence-electron chi connectivity index (χ4n) is 4.04. The van der Waals surface area contributed by atoms with Gasteiger partial charge in [0.1, 0.15) is 0 Å². The molecule has 0 fully saturated rings. The minimum atomic E-state index is -0.472. The molecule has 178 valence electrons. The second-order valence-corrected chi connectivity index (χ2v) is 9.09. The number of aromatic nitrogens is 2. The second kappa shape index (κ2) is 10.4. The third-order valence-corrected chi connectivity index (χ3v) is 5.92. The molecule has 0 saturated carbocycles. The summed E-state index contributed by atoms with van der Waals surface area (Å²) >= 11 is 6.26. The molecule has 0 spiro atoms. The number of rotatable bonds is 8. The van der Waals surface area contributed by atoms with Crippen LogP contribution >= 0.6 is 11.6 Å². The van der Waals surface area contributed by atoms with Crippen molar-refractivity contribution < 1.29 is 14.1 Å². The van der Waals surface area contributed by atoms with Gasteiger partial charge in [-0.1, -0.05) is 52.7 Å². The van der Waals surface area contributed by atoms with Crippen molar-refractivity contribution in [3.63, 3.8) is 0 Å². The molecule has 0 bridgehead atoms. The fraction of sp³-hybridized carbons (Fsp3) is 0.346. The number of nitrogens with one attached hydrogen (secondary N) is 1. The summed E-state index contributed by atoms with van der Waals surface area (Å²) < 4.78 is 11.4. The Balaban J connectivity index is 1.72. The number of urea groups is 1. The predicted octanol–water partition coefficient (Wildman–Crippen LogP) is 6.01. The molecule has 0 radical (unpaired) electrons. The van der Waals surface area contributed by atoms with E-state index in [0.717, 1.165) is 28.0 Å². The number of carbonyl (C=O) groups is 1. The Kier molecular flexibility index (Phi) is 7.34. The summed E-state index contributed by atoms with van der Waals surface area (Å²) in [5, 5.41) is 7.91. The van der Waals surface area contributed by atoms with Crippen molar-refractivity contribution >= 4 is 23.2 Å². The van der Waals surface area contributed by atoms with Gasteiger partial charge in [0.25, 0.3) is 5.89 Å².